The van der Waals surface area contributed by atoms with Gasteiger partial charge < -0.3 is 30.3 Å². The maximum atomic E-state index is 13.1. The number of ether oxygens (including phenoxy) is 1. The lowest BCUT2D eigenvalue weighted by Crippen LogP contribution is -2.55. The third-order valence-corrected chi connectivity index (χ3v) is 6.12. The predicted molar refractivity (Wildman–Crippen MR) is 125 cm³/mol. The predicted octanol–water partition coefficient (Wildman–Crippen LogP) is 1.38. The van der Waals surface area contributed by atoms with E-state index >= 15 is 0 Å². The number of aliphatic hydroxyl groups is 3. The van der Waals surface area contributed by atoms with Crippen LogP contribution in [0.2, 0.25) is 0 Å². The second kappa shape index (κ2) is 13.4. The van der Waals surface area contributed by atoms with Crippen molar-refractivity contribution in [2.24, 2.45) is 5.92 Å². The number of carbonyl (C=O) groups is 2. The zero-order chi connectivity index (χ0) is 24.4. The number of methoxy groups -OCH3 is 1. The second-order valence-corrected chi connectivity index (χ2v) is 8.70. The van der Waals surface area contributed by atoms with Gasteiger partial charge in [-0.15, -0.1) is 0 Å². The van der Waals surface area contributed by atoms with Gasteiger partial charge in [0.25, 0.3) is 5.91 Å². The van der Waals surface area contributed by atoms with Gasteiger partial charge in [0.05, 0.1) is 0 Å². The Morgan fingerprint density at radius 3 is 2.52 bits per heavy atom. The molecule has 1 heterocycles. The Morgan fingerprint density at radius 1 is 1.18 bits per heavy atom. The van der Waals surface area contributed by atoms with Gasteiger partial charge in [-0.2, -0.15) is 0 Å². The lowest BCUT2D eigenvalue weighted by atomic mass is 9.99. The Kier molecular flexibility index (Phi) is 11.0. The molecule has 1 fully saturated rings. The summed E-state index contributed by atoms with van der Waals surface area (Å²) in [5.74, 6) is -0.696. The number of carbonyl (C=O) groups excluding carboxylic acids is 2. The van der Waals surface area contributed by atoms with Gasteiger partial charge in [0.15, 0.2) is 6.10 Å². The average molecular weight is 463 g/mol. The fraction of sp³-hybridized carbons (Fsp3) is 0.600. The summed E-state index contributed by atoms with van der Waals surface area (Å²) in [6.45, 7) is 5.01. The number of aliphatic hydroxyl groups excluding tert-OH is 3. The Morgan fingerprint density at radius 2 is 1.88 bits per heavy atom. The first-order valence-corrected chi connectivity index (χ1v) is 11.7. The molecule has 0 spiro atoms. The van der Waals surface area contributed by atoms with E-state index in [0.717, 1.165) is 24.8 Å². The molecule has 184 valence electrons. The normalized spacial score (nSPS) is 21.8. The number of amides is 2. The summed E-state index contributed by atoms with van der Waals surface area (Å²) < 4.78 is 5.14. The first-order chi connectivity index (χ1) is 15.8. The van der Waals surface area contributed by atoms with E-state index in [0.29, 0.717) is 19.5 Å². The summed E-state index contributed by atoms with van der Waals surface area (Å²) in [5, 5.41) is 33.7. The highest BCUT2D eigenvalue weighted by Gasteiger charge is 2.37. The van der Waals surface area contributed by atoms with E-state index in [-0.39, 0.29) is 11.8 Å². The van der Waals surface area contributed by atoms with Crippen LogP contribution in [0, 0.1) is 5.92 Å². The molecule has 1 aromatic rings. The van der Waals surface area contributed by atoms with Crippen molar-refractivity contribution >= 4 is 11.8 Å². The van der Waals surface area contributed by atoms with Crippen LogP contribution in [0.25, 0.3) is 0 Å². The van der Waals surface area contributed by atoms with Crippen LogP contribution in [-0.4, -0.2) is 76.1 Å². The number of hydrogen-bond acceptors (Lipinski definition) is 6. The zero-order valence-electron chi connectivity index (χ0n) is 19.8. The smallest absolute Gasteiger partial charge is 0.252 e. The van der Waals surface area contributed by atoms with Gasteiger partial charge in [0.1, 0.15) is 24.4 Å². The van der Waals surface area contributed by atoms with Crippen LogP contribution in [0.4, 0.5) is 0 Å². The lowest BCUT2D eigenvalue weighted by Gasteiger charge is -2.29. The van der Waals surface area contributed by atoms with E-state index in [2.05, 4.69) is 5.32 Å². The molecule has 33 heavy (non-hydrogen) atoms. The van der Waals surface area contributed by atoms with Crippen molar-refractivity contribution < 1.29 is 29.6 Å². The van der Waals surface area contributed by atoms with Gasteiger partial charge in [-0.05, 0) is 30.7 Å². The number of benzene rings is 1. The Balaban J connectivity index is 2.03. The average Bonchev–Trinajstić information content (AvgIpc) is 2.99. The molecule has 2 unspecified atom stereocenters. The number of rotatable bonds is 11. The summed E-state index contributed by atoms with van der Waals surface area (Å²) in [6.07, 6.45) is -0.0124. The summed E-state index contributed by atoms with van der Waals surface area (Å²) in [4.78, 5) is 27.7. The molecule has 2 rings (SSSR count). The zero-order valence-corrected chi connectivity index (χ0v) is 19.8. The quantitative estimate of drug-likeness (QED) is 0.369. The molecule has 0 aromatic heterocycles. The van der Waals surface area contributed by atoms with Crippen molar-refractivity contribution in [1.29, 1.82) is 0 Å². The van der Waals surface area contributed by atoms with Crippen molar-refractivity contribution in [3.8, 4) is 0 Å². The van der Waals surface area contributed by atoms with Crippen molar-refractivity contribution in [1.82, 2.24) is 10.2 Å². The third-order valence-electron chi connectivity index (χ3n) is 6.12. The highest BCUT2D eigenvalue weighted by molar-refractivity contribution is 5.89. The molecule has 1 aliphatic rings. The lowest BCUT2D eigenvalue weighted by molar-refractivity contribution is -0.151. The number of hydrogen-bond donors (Lipinski definition) is 4. The van der Waals surface area contributed by atoms with Gasteiger partial charge in [-0.1, -0.05) is 62.8 Å². The van der Waals surface area contributed by atoms with E-state index in [1.54, 1.807) is 11.0 Å². The van der Waals surface area contributed by atoms with E-state index in [1.165, 1.54) is 13.2 Å². The molecule has 8 heteroatoms. The highest BCUT2D eigenvalue weighted by Crippen LogP contribution is 2.17. The molecular formula is C25H38N2O6. The van der Waals surface area contributed by atoms with Crippen LogP contribution in [0.15, 0.2) is 42.5 Å². The summed E-state index contributed by atoms with van der Waals surface area (Å²) in [5.41, 5.74) is 1.01. The SMILES string of the molecule is CCC(C)/C=C/[C@@H](O)[C@H](O)[C@@H](O)[C@@H](OC)C(=O)NC1CCCCN(Cc2ccccc2)C1=O. The van der Waals surface area contributed by atoms with Crippen molar-refractivity contribution in [3.63, 3.8) is 0 Å². The monoisotopic (exact) mass is 462 g/mol. The van der Waals surface area contributed by atoms with Crippen molar-refractivity contribution in [2.75, 3.05) is 13.7 Å². The molecule has 6 atom stereocenters. The van der Waals surface area contributed by atoms with Crippen molar-refractivity contribution in [2.45, 2.75) is 76.5 Å². The molecule has 4 N–H and O–H groups in total. The minimum atomic E-state index is -1.67. The topological polar surface area (TPSA) is 119 Å². The van der Waals surface area contributed by atoms with Crippen LogP contribution in [-0.2, 0) is 20.9 Å². The largest absolute Gasteiger partial charge is 0.387 e. The molecule has 0 radical (unpaired) electrons. The van der Waals surface area contributed by atoms with Gasteiger partial charge in [-0.25, -0.2) is 0 Å². The summed E-state index contributed by atoms with van der Waals surface area (Å²) >= 11 is 0. The molecule has 0 aliphatic carbocycles. The van der Waals surface area contributed by atoms with E-state index in [1.807, 2.05) is 44.2 Å². The summed E-state index contributed by atoms with van der Waals surface area (Å²) in [7, 11) is 1.23. The molecular weight excluding hydrogens is 424 g/mol. The van der Waals surface area contributed by atoms with E-state index in [4.69, 9.17) is 4.74 Å². The highest BCUT2D eigenvalue weighted by atomic mass is 16.5. The first kappa shape index (κ1) is 27.0. The minimum Gasteiger partial charge on any atom is -0.387 e. The molecule has 1 aliphatic heterocycles. The van der Waals surface area contributed by atoms with Gasteiger partial charge in [0.2, 0.25) is 5.91 Å². The maximum Gasteiger partial charge on any atom is 0.252 e. The number of nitrogens with zero attached hydrogens (tertiary/aromatic N) is 1. The van der Waals surface area contributed by atoms with E-state index < -0.39 is 36.4 Å². The molecule has 1 saturated heterocycles. The standard InChI is InChI=1S/C25H38N2O6/c1-4-17(2)13-14-20(28)21(29)22(30)23(33-3)24(31)26-19-12-8-9-15-27(25(19)32)16-18-10-6-5-7-11-18/h5-7,10-11,13-14,17,19-23,28-30H,4,8-9,12,15-16H2,1-3H3,(H,26,31)/b14-13+/t17?,19?,20-,21+,22-,23-/m1/s1. The first-order valence-electron chi connectivity index (χ1n) is 11.7. The Bertz CT molecular complexity index is 771. The molecule has 0 saturated carbocycles. The van der Waals surface area contributed by atoms with Crippen LogP contribution in [0.1, 0.15) is 45.1 Å². The van der Waals surface area contributed by atoms with E-state index in [9.17, 15) is 24.9 Å². The maximum absolute atomic E-state index is 13.1. The number of allylic oxidation sites excluding steroid dienone is 1. The Hall–Kier alpha value is -2.26. The van der Waals surface area contributed by atoms with Crippen LogP contribution in [0.5, 0.6) is 0 Å². The summed E-state index contributed by atoms with van der Waals surface area (Å²) in [6, 6.07) is 8.90. The van der Waals surface area contributed by atoms with Gasteiger partial charge >= 0.3 is 0 Å². The van der Waals surface area contributed by atoms with Gasteiger partial charge in [0, 0.05) is 20.2 Å². The van der Waals surface area contributed by atoms with Crippen LogP contribution >= 0.6 is 0 Å². The van der Waals surface area contributed by atoms with Crippen molar-refractivity contribution in [3.05, 3.63) is 48.0 Å². The molecule has 0 bridgehead atoms. The Labute approximate surface area is 196 Å². The van der Waals surface area contributed by atoms with Gasteiger partial charge in [-0.3, -0.25) is 9.59 Å². The molecule has 8 nitrogen and oxygen atoms in total. The third kappa shape index (κ3) is 7.92. The fourth-order valence-corrected chi connectivity index (χ4v) is 3.79. The van der Waals surface area contributed by atoms with Crippen LogP contribution in [0.3, 0.4) is 0 Å². The second-order valence-electron chi connectivity index (χ2n) is 8.70. The molecule has 1 aromatic carbocycles. The number of likely N-dealkylation sites (tertiary alicyclic amines) is 1. The van der Waals surface area contributed by atoms with Crippen LogP contribution < -0.4 is 5.32 Å². The fourth-order valence-electron chi connectivity index (χ4n) is 3.79. The minimum absolute atomic E-state index is 0.189. The number of nitrogens with one attached hydrogen (secondary N) is 1. The molecule has 2 amide bonds.